The summed E-state index contributed by atoms with van der Waals surface area (Å²) in [7, 11) is -3.54. The average Bonchev–Trinajstić information content (AvgIpc) is 2.53. The highest BCUT2D eigenvalue weighted by Crippen LogP contribution is 2.27. The molecule has 0 aliphatic rings. The minimum atomic E-state index is -3.54. The van der Waals surface area contributed by atoms with E-state index in [1.165, 1.54) is 18.2 Å². The summed E-state index contributed by atoms with van der Waals surface area (Å²) in [6.07, 6.45) is 0. The zero-order valence-corrected chi connectivity index (χ0v) is 14.6. The van der Waals surface area contributed by atoms with E-state index in [0.717, 1.165) is 5.56 Å². The molecular weight excluding hydrogens is 328 g/mol. The second-order valence-electron chi connectivity index (χ2n) is 6.03. The minimum absolute atomic E-state index is 0.0443. The molecule has 6 nitrogen and oxygen atoms in total. The van der Waals surface area contributed by atoms with Gasteiger partial charge in [-0.3, -0.25) is 10.1 Å². The van der Waals surface area contributed by atoms with Gasteiger partial charge in [0.25, 0.3) is 5.69 Å². The number of nitrogens with zero attached hydrogens (tertiary/aromatic N) is 1. The summed E-state index contributed by atoms with van der Waals surface area (Å²) in [4.78, 5) is 10.8. The number of nitro groups is 1. The van der Waals surface area contributed by atoms with Crippen molar-refractivity contribution in [1.82, 2.24) is 4.72 Å². The van der Waals surface area contributed by atoms with Crippen molar-refractivity contribution in [2.24, 2.45) is 5.92 Å². The van der Waals surface area contributed by atoms with Gasteiger partial charge < -0.3 is 0 Å². The Kier molecular flexibility index (Phi) is 5.36. The molecule has 0 atom stereocenters. The van der Waals surface area contributed by atoms with Gasteiger partial charge in [-0.15, -0.1) is 0 Å². The van der Waals surface area contributed by atoms with Crippen molar-refractivity contribution in [2.75, 3.05) is 6.54 Å². The molecule has 0 bridgehead atoms. The lowest BCUT2D eigenvalue weighted by Gasteiger charge is -2.09. The maximum Gasteiger partial charge on any atom is 0.272 e. The van der Waals surface area contributed by atoms with Crippen molar-refractivity contribution in [2.45, 2.75) is 25.7 Å². The Morgan fingerprint density at radius 2 is 1.67 bits per heavy atom. The Bertz CT molecular complexity index is 843. The first-order chi connectivity index (χ1) is 11.2. The summed E-state index contributed by atoms with van der Waals surface area (Å²) >= 11 is 0. The van der Waals surface area contributed by atoms with Gasteiger partial charge in [-0.2, -0.15) is 0 Å². The molecule has 1 N–H and O–H groups in total. The second-order valence-corrected chi connectivity index (χ2v) is 7.80. The van der Waals surface area contributed by atoms with Gasteiger partial charge >= 0.3 is 0 Å². The van der Waals surface area contributed by atoms with Gasteiger partial charge in [-0.25, -0.2) is 13.1 Å². The lowest BCUT2D eigenvalue weighted by atomic mass is 10.0. The molecule has 0 amide bonds. The van der Waals surface area contributed by atoms with E-state index < -0.39 is 14.9 Å². The standard InChI is InChI=1S/C17H20N2O4S/c1-12(2)11-18-24(22,23)16-8-6-14(7-9-16)15-5-4-13(3)17(10-15)19(20)21/h4-10,12,18H,11H2,1-3H3. The number of aryl methyl sites for hydroxylation is 1. The summed E-state index contributed by atoms with van der Waals surface area (Å²) in [6.45, 7) is 5.90. The highest BCUT2D eigenvalue weighted by molar-refractivity contribution is 7.89. The van der Waals surface area contributed by atoms with Gasteiger partial charge in [0, 0.05) is 18.2 Å². The van der Waals surface area contributed by atoms with E-state index in [0.29, 0.717) is 17.7 Å². The van der Waals surface area contributed by atoms with Gasteiger partial charge in [-0.05, 0) is 36.1 Å². The predicted octanol–water partition coefficient (Wildman–Crippen LogP) is 3.50. The molecule has 24 heavy (non-hydrogen) atoms. The molecule has 0 saturated carbocycles. The lowest BCUT2D eigenvalue weighted by molar-refractivity contribution is -0.385. The minimum Gasteiger partial charge on any atom is -0.258 e. The molecule has 2 aromatic carbocycles. The maximum absolute atomic E-state index is 12.2. The average molecular weight is 348 g/mol. The molecular formula is C17H20N2O4S. The van der Waals surface area contributed by atoms with Crippen LogP contribution in [0.5, 0.6) is 0 Å². The molecule has 2 aromatic rings. The zero-order chi connectivity index (χ0) is 17.9. The Labute approximate surface area is 141 Å². The molecule has 0 aromatic heterocycles. The van der Waals surface area contributed by atoms with Crippen LogP contribution in [0.1, 0.15) is 19.4 Å². The molecule has 0 heterocycles. The smallest absolute Gasteiger partial charge is 0.258 e. The molecule has 0 aliphatic heterocycles. The van der Waals surface area contributed by atoms with Crippen LogP contribution in [-0.2, 0) is 10.0 Å². The first-order valence-corrected chi connectivity index (χ1v) is 9.04. The van der Waals surface area contributed by atoms with Crippen LogP contribution in [0, 0.1) is 23.0 Å². The first-order valence-electron chi connectivity index (χ1n) is 7.56. The van der Waals surface area contributed by atoms with Crippen molar-refractivity contribution < 1.29 is 13.3 Å². The van der Waals surface area contributed by atoms with Crippen molar-refractivity contribution in [1.29, 1.82) is 0 Å². The van der Waals surface area contributed by atoms with Gasteiger partial charge in [0.05, 0.1) is 9.82 Å². The van der Waals surface area contributed by atoms with Crippen molar-refractivity contribution in [3.8, 4) is 11.1 Å². The normalized spacial score (nSPS) is 11.7. The van der Waals surface area contributed by atoms with Gasteiger partial charge in [-0.1, -0.05) is 38.1 Å². The van der Waals surface area contributed by atoms with Gasteiger partial charge in [0.15, 0.2) is 0 Å². The van der Waals surface area contributed by atoms with E-state index in [9.17, 15) is 18.5 Å². The van der Waals surface area contributed by atoms with Crippen LogP contribution in [-0.4, -0.2) is 19.9 Å². The number of sulfonamides is 1. The van der Waals surface area contributed by atoms with E-state index in [1.807, 2.05) is 13.8 Å². The van der Waals surface area contributed by atoms with Crippen LogP contribution in [0.25, 0.3) is 11.1 Å². The number of hydrogen-bond acceptors (Lipinski definition) is 4. The monoisotopic (exact) mass is 348 g/mol. The SMILES string of the molecule is Cc1ccc(-c2ccc(S(=O)(=O)NCC(C)C)cc2)cc1[N+](=O)[O-]. The zero-order valence-electron chi connectivity index (χ0n) is 13.8. The van der Waals surface area contributed by atoms with E-state index in [4.69, 9.17) is 0 Å². The third kappa shape index (κ3) is 4.18. The summed E-state index contributed by atoms with van der Waals surface area (Å²) in [5, 5.41) is 11.0. The molecule has 128 valence electrons. The number of hydrogen-bond donors (Lipinski definition) is 1. The molecule has 0 fully saturated rings. The first kappa shape index (κ1) is 18.1. The molecule has 0 unspecified atom stereocenters. The summed E-state index contributed by atoms with van der Waals surface area (Å²) in [5.41, 5.74) is 2.02. The van der Waals surface area contributed by atoms with E-state index in [-0.39, 0.29) is 16.5 Å². The van der Waals surface area contributed by atoms with Crippen molar-refractivity contribution in [3.63, 3.8) is 0 Å². The van der Waals surface area contributed by atoms with Gasteiger partial charge in [0.1, 0.15) is 0 Å². The fraction of sp³-hybridized carbons (Fsp3) is 0.294. The van der Waals surface area contributed by atoms with Gasteiger partial charge in [0.2, 0.25) is 10.0 Å². The number of nitro benzene ring substituents is 1. The fourth-order valence-corrected chi connectivity index (χ4v) is 3.39. The van der Waals surface area contributed by atoms with E-state index in [1.54, 1.807) is 31.2 Å². The largest absolute Gasteiger partial charge is 0.272 e. The highest BCUT2D eigenvalue weighted by Gasteiger charge is 2.15. The number of nitrogens with one attached hydrogen (secondary N) is 1. The Morgan fingerprint density at radius 1 is 1.08 bits per heavy atom. The molecule has 2 rings (SSSR count). The van der Waals surface area contributed by atoms with Crippen LogP contribution >= 0.6 is 0 Å². The number of rotatable bonds is 6. The van der Waals surface area contributed by atoms with Crippen molar-refractivity contribution >= 4 is 15.7 Å². The molecule has 0 spiro atoms. The van der Waals surface area contributed by atoms with Crippen LogP contribution < -0.4 is 4.72 Å². The fourth-order valence-electron chi connectivity index (χ4n) is 2.17. The summed E-state index contributed by atoms with van der Waals surface area (Å²) in [6, 6.07) is 11.3. The Morgan fingerprint density at radius 3 is 2.21 bits per heavy atom. The van der Waals surface area contributed by atoms with Crippen LogP contribution in [0.2, 0.25) is 0 Å². The quantitative estimate of drug-likeness (QED) is 0.639. The van der Waals surface area contributed by atoms with E-state index >= 15 is 0 Å². The Hall–Kier alpha value is -2.25. The third-order valence-corrected chi connectivity index (χ3v) is 5.02. The molecule has 0 saturated heterocycles. The topological polar surface area (TPSA) is 89.3 Å². The second kappa shape index (κ2) is 7.11. The lowest BCUT2D eigenvalue weighted by Crippen LogP contribution is -2.27. The molecule has 7 heteroatoms. The highest BCUT2D eigenvalue weighted by atomic mass is 32.2. The van der Waals surface area contributed by atoms with Crippen LogP contribution in [0.3, 0.4) is 0 Å². The number of benzene rings is 2. The van der Waals surface area contributed by atoms with Crippen LogP contribution in [0.15, 0.2) is 47.4 Å². The van der Waals surface area contributed by atoms with Crippen LogP contribution in [0.4, 0.5) is 5.69 Å². The third-order valence-electron chi connectivity index (χ3n) is 3.59. The predicted molar refractivity (Wildman–Crippen MR) is 93.3 cm³/mol. The van der Waals surface area contributed by atoms with Crippen molar-refractivity contribution in [3.05, 3.63) is 58.1 Å². The molecule has 0 radical (unpaired) electrons. The Balaban J connectivity index is 2.30. The maximum atomic E-state index is 12.2. The summed E-state index contributed by atoms with van der Waals surface area (Å²) < 4.78 is 26.9. The van der Waals surface area contributed by atoms with E-state index in [2.05, 4.69) is 4.72 Å². The summed E-state index contributed by atoms with van der Waals surface area (Å²) in [5.74, 6) is 0.215. The molecule has 0 aliphatic carbocycles.